The molecule has 0 bridgehead atoms. The molecule has 5 heteroatoms. The van der Waals surface area contributed by atoms with Crippen LogP contribution in [-0.4, -0.2) is 21.3 Å². The van der Waals surface area contributed by atoms with Crippen LogP contribution in [0.4, 0.5) is 0 Å². The Hall–Kier alpha value is -2.17. The maximum Gasteiger partial charge on any atom is 0.303 e. The first-order valence-corrected chi connectivity index (χ1v) is 5.78. The molecule has 1 aromatic heterocycles. The number of aromatic nitrogens is 2. The van der Waals surface area contributed by atoms with E-state index in [4.69, 9.17) is 5.11 Å². The molecule has 2 rings (SSSR count). The van der Waals surface area contributed by atoms with Gasteiger partial charge in [-0.3, -0.25) is 9.59 Å². The third kappa shape index (κ3) is 2.40. The van der Waals surface area contributed by atoms with E-state index in [1.54, 1.807) is 12.1 Å². The van der Waals surface area contributed by atoms with Crippen LogP contribution in [0.15, 0.2) is 29.1 Å². The molecule has 0 saturated heterocycles. The fourth-order valence-corrected chi connectivity index (χ4v) is 1.99. The van der Waals surface area contributed by atoms with Crippen LogP contribution in [0.5, 0.6) is 0 Å². The lowest BCUT2D eigenvalue weighted by atomic mass is 9.97. The smallest absolute Gasteiger partial charge is 0.303 e. The number of carboxylic acid groups (broad SMARTS) is 1. The molecule has 2 N–H and O–H groups in total. The first-order chi connectivity index (χ1) is 8.59. The van der Waals surface area contributed by atoms with Gasteiger partial charge in [0.1, 0.15) is 0 Å². The number of nitrogens with zero attached hydrogens (tertiary/aromatic N) is 1. The van der Waals surface area contributed by atoms with Gasteiger partial charge in [0.2, 0.25) is 0 Å². The number of carboxylic acids is 1. The van der Waals surface area contributed by atoms with Crippen molar-refractivity contribution in [1.29, 1.82) is 0 Å². The van der Waals surface area contributed by atoms with Crippen molar-refractivity contribution in [3.05, 3.63) is 40.3 Å². The molecule has 1 unspecified atom stereocenters. The minimum atomic E-state index is -0.824. The van der Waals surface area contributed by atoms with Gasteiger partial charge in [0.05, 0.1) is 11.1 Å². The quantitative estimate of drug-likeness (QED) is 0.862. The van der Waals surface area contributed by atoms with Crippen molar-refractivity contribution in [2.75, 3.05) is 0 Å². The summed E-state index contributed by atoms with van der Waals surface area (Å²) in [6.45, 7) is 1.91. The predicted molar refractivity (Wildman–Crippen MR) is 67.6 cm³/mol. The molecule has 1 heterocycles. The summed E-state index contributed by atoms with van der Waals surface area (Å²) in [6, 6.07) is 7.22. The molecule has 0 spiro atoms. The van der Waals surface area contributed by atoms with Crippen LogP contribution in [0.3, 0.4) is 0 Å². The molecular formula is C13H14N2O3. The third-order valence-electron chi connectivity index (χ3n) is 2.98. The number of aromatic amines is 1. The van der Waals surface area contributed by atoms with Crippen molar-refractivity contribution in [2.24, 2.45) is 0 Å². The number of aliphatic carboxylic acids is 1. The predicted octanol–water partition coefficient (Wildman–Crippen LogP) is 1.89. The second kappa shape index (κ2) is 5.00. The van der Waals surface area contributed by atoms with Gasteiger partial charge in [-0.05, 0) is 12.5 Å². The van der Waals surface area contributed by atoms with Crippen molar-refractivity contribution in [1.82, 2.24) is 10.2 Å². The summed E-state index contributed by atoms with van der Waals surface area (Å²) in [5.41, 5.74) is 0.520. The first kappa shape index (κ1) is 12.3. The van der Waals surface area contributed by atoms with Crippen LogP contribution < -0.4 is 5.56 Å². The van der Waals surface area contributed by atoms with Gasteiger partial charge >= 0.3 is 5.97 Å². The van der Waals surface area contributed by atoms with Crippen LogP contribution in [-0.2, 0) is 4.79 Å². The Balaban J connectivity index is 2.42. The molecule has 1 aromatic carbocycles. The number of fused-ring (bicyclic) bond motifs is 1. The maximum atomic E-state index is 11.6. The fourth-order valence-electron chi connectivity index (χ4n) is 1.99. The Labute approximate surface area is 103 Å². The largest absolute Gasteiger partial charge is 0.481 e. The van der Waals surface area contributed by atoms with Crippen LogP contribution >= 0.6 is 0 Å². The van der Waals surface area contributed by atoms with E-state index in [1.807, 2.05) is 19.1 Å². The zero-order chi connectivity index (χ0) is 13.1. The summed E-state index contributed by atoms with van der Waals surface area (Å²) < 4.78 is 0. The topological polar surface area (TPSA) is 83.0 Å². The van der Waals surface area contributed by atoms with E-state index in [1.165, 1.54) is 0 Å². The van der Waals surface area contributed by atoms with Gasteiger partial charge in [-0.2, -0.15) is 5.10 Å². The summed E-state index contributed by atoms with van der Waals surface area (Å²) in [7, 11) is 0. The average Bonchev–Trinajstić information content (AvgIpc) is 2.37. The number of benzene rings is 1. The standard InChI is InChI=1S/C13H14N2O3/c1-8(6-7-11(16)17)12-9-4-2-3-5-10(9)13(18)15-14-12/h2-5,8H,6-7H2,1H3,(H,15,18)(H,16,17). The van der Waals surface area contributed by atoms with E-state index in [0.717, 1.165) is 11.1 Å². The zero-order valence-corrected chi connectivity index (χ0v) is 10.0. The number of H-pyrrole nitrogens is 1. The summed E-state index contributed by atoms with van der Waals surface area (Å²) in [5.74, 6) is -0.835. The van der Waals surface area contributed by atoms with E-state index in [-0.39, 0.29) is 17.9 Å². The molecule has 94 valence electrons. The van der Waals surface area contributed by atoms with Gasteiger partial charge in [0.25, 0.3) is 5.56 Å². The van der Waals surface area contributed by atoms with Crippen molar-refractivity contribution in [3.63, 3.8) is 0 Å². The van der Waals surface area contributed by atoms with Crippen molar-refractivity contribution >= 4 is 16.7 Å². The van der Waals surface area contributed by atoms with E-state index < -0.39 is 5.97 Å². The molecule has 0 aliphatic heterocycles. The van der Waals surface area contributed by atoms with Gasteiger partial charge in [0, 0.05) is 17.7 Å². The second-order valence-electron chi connectivity index (χ2n) is 4.32. The minimum absolute atomic E-state index is 0.0113. The summed E-state index contributed by atoms with van der Waals surface area (Å²) in [6.07, 6.45) is 0.592. The van der Waals surface area contributed by atoms with Crippen molar-refractivity contribution in [2.45, 2.75) is 25.7 Å². The molecule has 0 amide bonds. The summed E-state index contributed by atoms with van der Waals surface area (Å²) in [5, 5.41) is 16.6. The van der Waals surface area contributed by atoms with Crippen molar-refractivity contribution < 1.29 is 9.90 Å². The number of hydrogen-bond acceptors (Lipinski definition) is 3. The number of hydrogen-bond donors (Lipinski definition) is 2. The van der Waals surface area contributed by atoms with Crippen LogP contribution in [0.2, 0.25) is 0 Å². The van der Waals surface area contributed by atoms with Gasteiger partial charge in [-0.25, -0.2) is 5.10 Å². The highest BCUT2D eigenvalue weighted by Gasteiger charge is 2.14. The molecule has 0 fully saturated rings. The highest BCUT2D eigenvalue weighted by atomic mass is 16.4. The van der Waals surface area contributed by atoms with E-state index >= 15 is 0 Å². The van der Waals surface area contributed by atoms with Crippen LogP contribution in [0, 0.1) is 0 Å². The maximum absolute atomic E-state index is 11.6. The van der Waals surface area contributed by atoms with Crippen LogP contribution in [0.1, 0.15) is 31.4 Å². The van der Waals surface area contributed by atoms with E-state index in [2.05, 4.69) is 10.2 Å². The monoisotopic (exact) mass is 246 g/mol. The molecule has 0 aliphatic carbocycles. The molecule has 2 aromatic rings. The summed E-state index contributed by atoms with van der Waals surface area (Å²) in [4.78, 5) is 22.2. The molecule has 0 radical (unpaired) electrons. The van der Waals surface area contributed by atoms with Crippen molar-refractivity contribution in [3.8, 4) is 0 Å². The number of carbonyl (C=O) groups is 1. The average molecular weight is 246 g/mol. The first-order valence-electron chi connectivity index (χ1n) is 5.78. The molecule has 1 atom stereocenters. The van der Waals surface area contributed by atoms with Gasteiger partial charge in [0.15, 0.2) is 0 Å². The Morgan fingerprint density at radius 3 is 2.72 bits per heavy atom. The highest BCUT2D eigenvalue weighted by Crippen LogP contribution is 2.24. The third-order valence-corrected chi connectivity index (χ3v) is 2.98. The Morgan fingerprint density at radius 2 is 2.06 bits per heavy atom. The second-order valence-corrected chi connectivity index (χ2v) is 4.32. The minimum Gasteiger partial charge on any atom is -0.481 e. The lowest BCUT2D eigenvalue weighted by Crippen LogP contribution is -2.13. The zero-order valence-electron chi connectivity index (χ0n) is 10.0. The molecule has 0 aliphatic rings. The Kier molecular flexibility index (Phi) is 3.41. The van der Waals surface area contributed by atoms with E-state index in [9.17, 15) is 9.59 Å². The SMILES string of the molecule is CC(CCC(=O)O)c1n[nH]c(=O)c2ccccc12. The fraction of sp³-hybridized carbons (Fsp3) is 0.308. The van der Waals surface area contributed by atoms with Crippen LogP contribution in [0.25, 0.3) is 10.8 Å². The molecule has 0 saturated carbocycles. The Bertz CT molecular complexity index is 633. The molecular weight excluding hydrogens is 232 g/mol. The number of rotatable bonds is 4. The lowest BCUT2D eigenvalue weighted by Gasteiger charge is -2.11. The normalized spacial score (nSPS) is 12.5. The van der Waals surface area contributed by atoms with Gasteiger partial charge in [-0.15, -0.1) is 0 Å². The number of nitrogens with one attached hydrogen (secondary N) is 1. The summed E-state index contributed by atoms with van der Waals surface area (Å²) >= 11 is 0. The van der Waals surface area contributed by atoms with Gasteiger partial charge in [-0.1, -0.05) is 25.1 Å². The van der Waals surface area contributed by atoms with Gasteiger partial charge < -0.3 is 5.11 Å². The molecule has 18 heavy (non-hydrogen) atoms. The Morgan fingerprint density at radius 1 is 1.39 bits per heavy atom. The lowest BCUT2D eigenvalue weighted by molar-refractivity contribution is -0.137. The highest BCUT2D eigenvalue weighted by molar-refractivity contribution is 5.83. The molecule has 5 nitrogen and oxygen atoms in total. The van der Waals surface area contributed by atoms with E-state index in [0.29, 0.717) is 11.8 Å².